The predicted octanol–water partition coefficient (Wildman–Crippen LogP) is 7.87. The van der Waals surface area contributed by atoms with E-state index in [2.05, 4.69) is 35.6 Å². The summed E-state index contributed by atoms with van der Waals surface area (Å²) in [6, 6.07) is 32.4. The van der Waals surface area contributed by atoms with E-state index in [0.29, 0.717) is 32.2 Å². The number of nitrogens with one attached hydrogen (secondary N) is 2. The summed E-state index contributed by atoms with van der Waals surface area (Å²) in [6.45, 7) is 0.410. The fourth-order valence-electron chi connectivity index (χ4n) is 5.92. The van der Waals surface area contributed by atoms with Crippen molar-refractivity contribution in [1.29, 1.82) is 0 Å². The maximum absolute atomic E-state index is 12.4. The summed E-state index contributed by atoms with van der Waals surface area (Å²) in [5, 5.41) is 21.1. The minimum Gasteiger partial charge on any atom is -0.392 e. The number of carbonyl (C=O) groups is 2. The maximum Gasteiger partial charge on any atom is 0.243 e. The molecule has 3 atom stereocenters. The number of aromatic nitrogens is 1. The van der Waals surface area contributed by atoms with Gasteiger partial charge in [0.15, 0.2) is 10.6 Å². The van der Waals surface area contributed by atoms with Gasteiger partial charge in [-0.25, -0.2) is 10.5 Å². The predicted molar refractivity (Wildman–Crippen MR) is 196 cm³/mol. The molecule has 0 radical (unpaired) electrons. The first-order chi connectivity index (χ1) is 24.5. The highest BCUT2D eigenvalue weighted by Crippen LogP contribution is 2.41. The number of aliphatic hydroxyl groups is 1. The highest BCUT2D eigenvalue weighted by Gasteiger charge is 2.32. The van der Waals surface area contributed by atoms with Crippen molar-refractivity contribution in [2.75, 3.05) is 5.75 Å². The number of aliphatic hydroxyl groups excluding tert-OH is 1. The molecule has 5 aromatic rings. The zero-order valence-electron chi connectivity index (χ0n) is 27.6. The van der Waals surface area contributed by atoms with Crippen LogP contribution in [0.25, 0.3) is 21.3 Å². The van der Waals surface area contributed by atoms with Crippen molar-refractivity contribution >= 4 is 45.1 Å². The lowest BCUT2D eigenvalue weighted by Gasteiger charge is -2.36. The molecule has 260 valence electrons. The molecular weight excluding hydrogens is 671 g/mol. The average molecular weight is 712 g/mol. The number of nitrogens with zero attached hydrogens (tertiary/aromatic N) is 1. The Morgan fingerprint density at radius 1 is 0.820 bits per heavy atom. The van der Waals surface area contributed by atoms with Gasteiger partial charge in [-0.1, -0.05) is 91.0 Å². The van der Waals surface area contributed by atoms with Crippen molar-refractivity contribution in [2.24, 2.45) is 0 Å². The molecule has 11 heteroatoms. The molecule has 50 heavy (non-hydrogen) atoms. The smallest absolute Gasteiger partial charge is 0.243 e. The van der Waals surface area contributed by atoms with Crippen molar-refractivity contribution in [3.05, 3.63) is 119 Å². The van der Waals surface area contributed by atoms with Crippen molar-refractivity contribution in [1.82, 2.24) is 15.8 Å². The highest BCUT2D eigenvalue weighted by molar-refractivity contribution is 8.01. The molecule has 0 spiro atoms. The van der Waals surface area contributed by atoms with Crippen LogP contribution >= 0.6 is 23.1 Å². The quantitative estimate of drug-likeness (QED) is 0.0374. The first kappa shape index (κ1) is 35.7. The summed E-state index contributed by atoms with van der Waals surface area (Å²) in [4.78, 5) is 28.4. The summed E-state index contributed by atoms with van der Waals surface area (Å²) in [5.41, 5.74) is 8.49. The Bertz CT molecular complexity index is 1850. The molecule has 0 aliphatic carbocycles. The molecule has 1 fully saturated rings. The molecule has 2 amide bonds. The molecule has 9 nitrogen and oxygen atoms in total. The molecule has 0 bridgehead atoms. The van der Waals surface area contributed by atoms with E-state index in [-0.39, 0.29) is 31.1 Å². The van der Waals surface area contributed by atoms with Gasteiger partial charge < -0.3 is 19.9 Å². The molecular formula is C39H41N3O6S2. The number of thioether (sulfide) groups is 1. The van der Waals surface area contributed by atoms with Crippen LogP contribution in [0.1, 0.15) is 73.2 Å². The van der Waals surface area contributed by atoms with E-state index in [0.717, 1.165) is 55.4 Å². The number of hydroxylamine groups is 1. The van der Waals surface area contributed by atoms with E-state index < -0.39 is 12.2 Å². The van der Waals surface area contributed by atoms with E-state index in [4.69, 9.17) is 19.7 Å². The van der Waals surface area contributed by atoms with Gasteiger partial charge in [-0.05, 0) is 64.9 Å². The molecule has 0 unspecified atom stereocenters. The molecule has 4 N–H and O–H groups in total. The molecule has 1 aromatic heterocycles. The third-order valence-corrected chi connectivity index (χ3v) is 10.9. The number of carbonyl (C=O) groups excluding carboxylic acids is 2. The number of hydrogen-bond acceptors (Lipinski definition) is 9. The topological polar surface area (TPSA) is 130 Å². The van der Waals surface area contributed by atoms with Crippen molar-refractivity contribution in [3.8, 4) is 11.1 Å². The molecule has 1 saturated heterocycles. The lowest BCUT2D eigenvalue weighted by atomic mass is 9.99. The number of rotatable bonds is 15. The van der Waals surface area contributed by atoms with Gasteiger partial charge >= 0.3 is 0 Å². The lowest BCUT2D eigenvalue weighted by Crippen LogP contribution is -2.31. The number of fused-ring (bicyclic) bond motifs is 1. The van der Waals surface area contributed by atoms with Crippen LogP contribution in [0.2, 0.25) is 0 Å². The first-order valence-electron chi connectivity index (χ1n) is 16.9. The Hall–Kier alpha value is -4.10. The Morgan fingerprint density at radius 2 is 1.58 bits per heavy atom. The summed E-state index contributed by atoms with van der Waals surface area (Å²) in [7, 11) is 0. The van der Waals surface area contributed by atoms with Gasteiger partial charge in [-0.15, -0.1) is 11.3 Å². The van der Waals surface area contributed by atoms with E-state index in [1.165, 1.54) is 4.70 Å². The van der Waals surface area contributed by atoms with Crippen molar-refractivity contribution < 1.29 is 29.4 Å². The van der Waals surface area contributed by atoms with Crippen LogP contribution in [0, 0.1) is 0 Å². The third kappa shape index (κ3) is 9.78. The molecule has 1 aliphatic heterocycles. The zero-order chi connectivity index (χ0) is 34.7. The molecule has 6 rings (SSSR count). The number of thiazole rings is 1. The van der Waals surface area contributed by atoms with Crippen LogP contribution in [0.5, 0.6) is 0 Å². The van der Waals surface area contributed by atoms with Gasteiger partial charge in [0.25, 0.3) is 0 Å². The fraction of sp³-hybridized carbons (Fsp3) is 0.308. The second-order valence-electron chi connectivity index (χ2n) is 12.3. The normalized spacial score (nSPS) is 17.4. The second kappa shape index (κ2) is 17.7. The number of para-hydroxylation sites is 1. The summed E-state index contributed by atoms with van der Waals surface area (Å²) in [6.07, 6.45) is 2.53. The number of benzene rings is 4. The van der Waals surface area contributed by atoms with Gasteiger partial charge in [0, 0.05) is 37.1 Å². The Labute approximate surface area is 300 Å². The molecule has 0 saturated carbocycles. The second-order valence-corrected chi connectivity index (χ2v) is 14.6. The molecule has 4 aromatic carbocycles. The van der Waals surface area contributed by atoms with Crippen LogP contribution in [0.15, 0.2) is 101 Å². The summed E-state index contributed by atoms with van der Waals surface area (Å²) >= 11 is 3.41. The van der Waals surface area contributed by atoms with E-state index >= 15 is 0 Å². The van der Waals surface area contributed by atoms with Gasteiger partial charge in [-0.2, -0.15) is 0 Å². The Balaban J connectivity index is 1.12. The fourth-order valence-corrected chi connectivity index (χ4v) is 8.03. The van der Waals surface area contributed by atoms with Crippen LogP contribution in [0.3, 0.4) is 0 Å². The lowest BCUT2D eigenvalue weighted by molar-refractivity contribution is -0.245. The largest absolute Gasteiger partial charge is 0.392 e. The molecule has 2 heterocycles. The Kier molecular flexibility index (Phi) is 12.7. The van der Waals surface area contributed by atoms with Crippen molar-refractivity contribution in [3.63, 3.8) is 0 Å². The maximum atomic E-state index is 12.4. The van der Waals surface area contributed by atoms with Crippen LogP contribution < -0.4 is 10.8 Å². The van der Waals surface area contributed by atoms with E-state index in [1.54, 1.807) is 28.6 Å². The van der Waals surface area contributed by atoms with Gasteiger partial charge in [0.1, 0.15) is 0 Å². The van der Waals surface area contributed by atoms with Crippen LogP contribution in [0.4, 0.5) is 0 Å². The van der Waals surface area contributed by atoms with Gasteiger partial charge in [-0.3, -0.25) is 14.8 Å². The monoisotopic (exact) mass is 711 g/mol. The van der Waals surface area contributed by atoms with Crippen LogP contribution in [-0.4, -0.2) is 39.0 Å². The molecule has 1 aliphatic rings. The zero-order valence-corrected chi connectivity index (χ0v) is 29.3. The minimum atomic E-state index is -0.576. The van der Waals surface area contributed by atoms with Crippen molar-refractivity contribution in [2.45, 2.75) is 74.5 Å². The SMILES string of the molecule is O=C(CCCCCC(=O)NCc1cccc(-c2cccc([C@H]3O[C@@H](CSc4nc5ccccc5s4)C[C@@H](c4ccc(CO)cc4)O3)c2)c1)NO. The van der Waals surface area contributed by atoms with E-state index in [9.17, 15) is 14.7 Å². The summed E-state index contributed by atoms with van der Waals surface area (Å²) < 4.78 is 15.4. The number of amides is 2. The van der Waals surface area contributed by atoms with Gasteiger partial charge in [0.05, 0.1) is 29.0 Å². The van der Waals surface area contributed by atoms with Crippen LogP contribution in [-0.2, 0) is 32.2 Å². The summed E-state index contributed by atoms with van der Waals surface area (Å²) in [5.74, 6) is 0.291. The standard InChI is InChI=1S/C39H41N3O6S2/c43-24-26-16-18-28(19-17-26)34-22-32(25-49-39-41-33-12-4-5-13-35(33)50-39)47-38(48-34)31-11-7-10-30(21-31)29-9-6-8-27(20-29)23-40-36(44)14-2-1-3-15-37(45)42-46/h4-13,16-21,32,34,38,43,46H,1-3,14-15,22-25H2,(H,40,44)(H,42,45)/t32-,34+,38+/m1/s1. The average Bonchev–Trinajstić information content (AvgIpc) is 3.59. The number of ether oxygens (including phenoxy) is 2. The third-order valence-electron chi connectivity index (χ3n) is 8.62. The first-order valence-corrected chi connectivity index (χ1v) is 18.7. The number of unbranched alkanes of at least 4 members (excludes halogenated alkanes) is 2. The van der Waals surface area contributed by atoms with Gasteiger partial charge in [0.2, 0.25) is 11.8 Å². The highest BCUT2D eigenvalue weighted by atomic mass is 32.2. The van der Waals surface area contributed by atoms with E-state index in [1.807, 2.05) is 66.7 Å². The number of hydrogen-bond donors (Lipinski definition) is 4. The Morgan fingerprint density at radius 3 is 2.36 bits per heavy atom. The minimum absolute atomic E-state index is 0.00557.